The van der Waals surface area contributed by atoms with Gasteiger partial charge in [-0.15, -0.1) is 0 Å². The number of nitrogens with one attached hydrogen (secondary N) is 1. The summed E-state index contributed by atoms with van der Waals surface area (Å²) in [5.74, 6) is -5.02. The van der Waals surface area contributed by atoms with Crippen LogP contribution in [-0.4, -0.2) is 104 Å². The van der Waals surface area contributed by atoms with E-state index in [0.29, 0.717) is 12.8 Å². The third-order valence-electron chi connectivity index (χ3n) is 13.4. The van der Waals surface area contributed by atoms with Crippen molar-refractivity contribution in [3.63, 3.8) is 0 Å². The van der Waals surface area contributed by atoms with E-state index < -0.39 is 104 Å². The van der Waals surface area contributed by atoms with Crippen LogP contribution >= 0.6 is 0 Å². The lowest BCUT2D eigenvalue weighted by atomic mass is 9.98. The summed E-state index contributed by atoms with van der Waals surface area (Å²) in [5.41, 5.74) is 0. The number of esters is 6. The second kappa shape index (κ2) is 45.0. The number of carbonyl (C=O) groups is 7. The fourth-order valence-corrected chi connectivity index (χ4v) is 9.47. The average molecular weight is 1070 g/mol. The number of hydrogen-bond donors (Lipinski definition) is 1. The van der Waals surface area contributed by atoms with E-state index in [4.69, 9.17) is 37.9 Å². The fraction of sp³-hybridized carbons (Fsp3) is 0.847. The van der Waals surface area contributed by atoms with E-state index in [2.05, 4.69) is 19.2 Å². The molecule has 0 saturated carbocycles. The quantitative estimate of drug-likeness (QED) is 0.0260. The molecule has 0 aromatic heterocycles. The molecule has 0 bridgehead atoms. The van der Waals surface area contributed by atoms with Gasteiger partial charge in [0.15, 0.2) is 30.7 Å². The van der Waals surface area contributed by atoms with Gasteiger partial charge < -0.3 is 43.2 Å². The van der Waals surface area contributed by atoms with Crippen molar-refractivity contribution in [3.8, 4) is 0 Å². The Morgan fingerprint density at radius 3 is 1.28 bits per heavy atom. The number of unbranched alkanes of at least 4 members (excludes halogenated alkanes) is 29. The van der Waals surface area contributed by atoms with Gasteiger partial charge in [-0.3, -0.25) is 33.6 Å². The van der Waals surface area contributed by atoms with Gasteiger partial charge in [-0.1, -0.05) is 200 Å². The molecule has 1 fully saturated rings. The lowest BCUT2D eigenvalue weighted by Gasteiger charge is -2.44. The van der Waals surface area contributed by atoms with Gasteiger partial charge in [0.2, 0.25) is 0 Å². The normalized spacial score (nSPS) is 18.6. The Morgan fingerprint density at radius 1 is 0.467 bits per heavy atom. The van der Waals surface area contributed by atoms with Gasteiger partial charge in [0.1, 0.15) is 18.8 Å². The first kappa shape index (κ1) is 69.0. The fourth-order valence-electron chi connectivity index (χ4n) is 9.47. The highest BCUT2D eigenvalue weighted by Crippen LogP contribution is 2.31. The van der Waals surface area contributed by atoms with Crippen LogP contribution in [0.5, 0.6) is 0 Å². The van der Waals surface area contributed by atoms with Crippen LogP contribution in [0.4, 0.5) is 0 Å². The number of rotatable bonds is 46. The van der Waals surface area contributed by atoms with Crippen molar-refractivity contribution >= 4 is 41.7 Å². The Bertz CT molecular complexity index is 1590. The van der Waals surface area contributed by atoms with Gasteiger partial charge in [-0.2, -0.15) is 0 Å². The molecule has 16 heteroatoms. The molecule has 1 aliphatic rings. The number of hydrogen-bond acceptors (Lipinski definition) is 15. The Labute approximate surface area is 452 Å². The molecule has 8 atom stereocenters. The molecule has 1 rings (SSSR count). The first-order valence-electron chi connectivity index (χ1n) is 29.3. The van der Waals surface area contributed by atoms with E-state index in [-0.39, 0.29) is 6.42 Å². The van der Waals surface area contributed by atoms with Gasteiger partial charge in [-0.25, -0.2) is 0 Å². The SMILES string of the molecule is CCCCCCCCCCCCCCCC=CC(OC(C)=O)C(COC1OC(COC(C)=O)C(OC(C)=O)C(OC(C)=O)C1OC(C)=O)NC(=O)C(CCCCCCCCCCCCCCCCCCC)OC(C)=O. The minimum Gasteiger partial charge on any atom is -0.463 e. The van der Waals surface area contributed by atoms with Gasteiger partial charge in [-0.05, 0) is 31.8 Å². The van der Waals surface area contributed by atoms with Crippen LogP contribution in [0, 0.1) is 0 Å². The zero-order valence-electron chi connectivity index (χ0n) is 47.9. The van der Waals surface area contributed by atoms with Gasteiger partial charge >= 0.3 is 35.8 Å². The van der Waals surface area contributed by atoms with Crippen LogP contribution in [0.15, 0.2) is 12.2 Å². The summed E-state index contributed by atoms with van der Waals surface area (Å²) < 4.78 is 45.7. The van der Waals surface area contributed by atoms with Crippen LogP contribution in [0.1, 0.15) is 261 Å². The molecule has 0 aromatic rings. The molecule has 1 saturated heterocycles. The summed E-state index contributed by atoms with van der Waals surface area (Å²) in [6.07, 6.45) is 31.2. The minimum absolute atomic E-state index is 0.254. The lowest BCUT2D eigenvalue weighted by molar-refractivity contribution is -0.309. The Morgan fingerprint density at radius 2 is 0.867 bits per heavy atom. The molecule has 0 aliphatic carbocycles. The van der Waals surface area contributed by atoms with Crippen molar-refractivity contribution in [2.24, 2.45) is 0 Å². The van der Waals surface area contributed by atoms with Crippen molar-refractivity contribution in [3.05, 3.63) is 12.2 Å². The highest BCUT2D eigenvalue weighted by atomic mass is 16.7. The molecule has 16 nitrogen and oxygen atoms in total. The van der Waals surface area contributed by atoms with E-state index in [1.807, 2.05) is 6.08 Å². The van der Waals surface area contributed by atoms with Crippen molar-refractivity contribution in [1.29, 1.82) is 0 Å². The maximum absolute atomic E-state index is 14.2. The van der Waals surface area contributed by atoms with Crippen molar-refractivity contribution in [1.82, 2.24) is 5.32 Å². The van der Waals surface area contributed by atoms with Gasteiger partial charge in [0.05, 0.1) is 12.6 Å². The molecule has 0 spiro atoms. The smallest absolute Gasteiger partial charge is 0.303 e. The molecule has 1 heterocycles. The molecule has 0 aromatic carbocycles. The van der Waals surface area contributed by atoms with Gasteiger partial charge in [0, 0.05) is 41.5 Å². The van der Waals surface area contributed by atoms with Crippen LogP contribution in [-0.2, 0) is 71.5 Å². The minimum atomic E-state index is -1.57. The monoisotopic (exact) mass is 1070 g/mol. The molecule has 1 amide bonds. The first-order chi connectivity index (χ1) is 36.1. The summed E-state index contributed by atoms with van der Waals surface area (Å²) in [4.78, 5) is 88.6. The predicted octanol–water partition coefficient (Wildman–Crippen LogP) is 12.5. The predicted molar refractivity (Wildman–Crippen MR) is 289 cm³/mol. The Kier molecular flexibility index (Phi) is 41.4. The molecule has 75 heavy (non-hydrogen) atoms. The van der Waals surface area contributed by atoms with E-state index in [1.165, 1.54) is 162 Å². The number of amides is 1. The van der Waals surface area contributed by atoms with E-state index in [0.717, 1.165) is 65.7 Å². The molecule has 0 radical (unpaired) electrons. The molecule has 434 valence electrons. The summed E-state index contributed by atoms with van der Waals surface area (Å²) in [6, 6.07) is -1.13. The van der Waals surface area contributed by atoms with E-state index >= 15 is 0 Å². The Hall–Kier alpha value is -4.05. The standard InChI is InChI=1S/C59H103NO15/c1-9-11-13-15-17-19-21-23-25-26-28-30-32-34-36-38-40-42-53(71-47(5)63)58(67)60-51(52(70-46(4)62)41-39-37-35-33-31-29-27-24-22-20-18-16-14-12-10-2)43-69-59-57(74-50(8)66)56(73-49(7)65)55(72-48(6)64)54(75-59)44-68-45(3)61/h39,41,51-57,59H,9-38,40,42-44H2,1-8H3,(H,60,67). The maximum Gasteiger partial charge on any atom is 0.303 e. The average Bonchev–Trinajstić information content (AvgIpc) is 3.34. The summed E-state index contributed by atoms with van der Waals surface area (Å²) in [7, 11) is 0. The van der Waals surface area contributed by atoms with Crippen LogP contribution < -0.4 is 5.32 Å². The van der Waals surface area contributed by atoms with Crippen LogP contribution in [0.25, 0.3) is 0 Å². The van der Waals surface area contributed by atoms with Crippen LogP contribution in [0.2, 0.25) is 0 Å². The van der Waals surface area contributed by atoms with E-state index in [9.17, 15) is 33.6 Å². The zero-order valence-corrected chi connectivity index (χ0v) is 47.9. The highest BCUT2D eigenvalue weighted by Gasteiger charge is 2.53. The second-order valence-corrected chi connectivity index (χ2v) is 20.6. The topological polar surface area (TPSA) is 205 Å². The van der Waals surface area contributed by atoms with Crippen molar-refractivity contribution in [2.45, 2.75) is 310 Å². The molecule has 8 unspecified atom stereocenters. The van der Waals surface area contributed by atoms with Gasteiger partial charge in [0.25, 0.3) is 5.91 Å². The zero-order chi connectivity index (χ0) is 55.5. The summed E-state index contributed by atoms with van der Waals surface area (Å²) in [6.45, 7) is 10.6. The third kappa shape index (κ3) is 36.6. The number of ether oxygens (including phenoxy) is 8. The number of carbonyl (C=O) groups excluding carboxylic acids is 7. The first-order valence-corrected chi connectivity index (χ1v) is 29.3. The summed E-state index contributed by atoms with van der Waals surface area (Å²) >= 11 is 0. The number of allylic oxidation sites excluding steroid dienone is 1. The molecule has 1 N–H and O–H groups in total. The Balaban J connectivity index is 3.19. The van der Waals surface area contributed by atoms with Crippen molar-refractivity contribution in [2.75, 3.05) is 13.2 Å². The van der Waals surface area contributed by atoms with Crippen LogP contribution in [0.3, 0.4) is 0 Å². The molecular weight excluding hydrogens is 963 g/mol. The maximum atomic E-state index is 14.2. The second-order valence-electron chi connectivity index (χ2n) is 20.6. The largest absolute Gasteiger partial charge is 0.463 e. The summed E-state index contributed by atoms with van der Waals surface area (Å²) in [5, 5.41) is 2.90. The van der Waals surface area contributed by atoms with Crippen molar-refractivity contribution < 1.29 is 71.5 Å². The lowest BCUT2D eigenvalue weighted by Crippen LogP contribution is -2.63. The van der Waals surface area contributed by atoms with E-state index in [1.54, 1.807) is 6.08 Å². The molecule has 1 aliphatic heterocycles. The molecular formula is C59H103NO15. The third-order valence-corrected chi connectivity index (χ3v) is 13.4. The highest BCUT2D eigenvalue weighted by molar-refractivity contribution is 5.83.